The average Bonchev–Trinajstić information content (AvgIpc) is 3.15. The van der Waals surface area contributed by atoms with E-state index < -0.39 is 11.4 Å². The first-order valence-corrected chi connectivity index (χ1v) is 9.57. The van der Waals surface area contributed by atoms with E-state index in [2.05, 4.69) is 0 Å². The normalized spacial score (nSPS) is 20.7. The Morgan fingerprint density at radius 2 is 1.59 bits per heavy atom. The van der Waals surface area contributed by atoms with Gasteiger partial charge in [0, 0.05) is 12.8 Å². The molecule has 2 aromatic carbocycles. The van der Waals surface area contributed by atoms with Gasteiger partial charge in [-0.3, -0.25) is 0 Å². The van der Waals surface area contributed by atoms with Gasteiger partial charge in [0.05, 0.1) is 25.4 Å². The van der Waals surface area contributed by atoms with Gasteiger partial charge in [-0.2, -0.15) is 0 Å². The Morgan fingerprint density at radius 3 is 2.19 bits per heavy atom. The van der Waals surface area contributed by atoms with Crippen LogP contribution < -0.4 is 4.74 Å². The van der Waals surface area contributed by atoms with Gasteiger partial charge < -0.3 is 19.3 Å². The minimum atomic E-state index is -0.872. The van der Waals surface area contributed by atoms with Crippen LogP contribution in [0.1, 0.15) is 38.2 Å². The third kappa shape index (κ3) is 3.59. The van der Waals surface area contributed by atoms with E-state index in [0.29, 0.717) is 45.5 Å². The summed E-state index contributed by atoms with van der Waals surface area (Å²) >= 11 is 0. The topological polar surface area (TPSA) is 47.9 Å². The Hall–Kier alpha value is -1.95. The first-order chi connectivity index (χ1) is 13.0. The van der Waals surface area contributed by atoms with E-state index in [1.54, 1.807) is 6.07 Å². The Morgan fingerprint density at radius 1 is 0.963 bits per heavy atom. The monoisotopic (exact) mass is 372 g/mol. The van der Waals surface area contributed by atoms with Crippen LogP contribution in [0.5, 0.6) is 5.75 Å². The van der Waals surface area contributed by atoms with Gasteiger partial charge >= 0.3 is 0 Å². The predicted molar refractivity (Wildman–Crippen MR) is 100 cm³/mol. The minimum absolute atomic E-state index is 0.264. The summed E-state index contributed by atoms with van der Waals surface area (Å²) in [4.78, 5) is 0. The van der Waals surface area contributed by atoms with Crippen molar-refractivity contribution in [3.05, 3.63) is 53.8 Å². The van der Waals surface area contributed by atoms with Crippen LogP contribution in [0.15, 0.2) is 42.5 Å². The molecule has 27 heavy (non-hydrogen) atoms. The molecule has 0 aromatic heterocycles. The molecule has 2 aromatic rings. The summed E-state index contributed by atoms with van der Waals surface area (Å²) in [5.41, 5.74) is 1.69. The van der Waals surface area contributed by atoms with Crippen LogP contribution in [0.4, 0.5) is 4.39 Å². The SMILES string of the molecule is CCOc1ccc(-c2ccc(C3(O)CCC4(CC3)OCCO4)cc2)cc1F. The van der Waals surface area contributed by atoms with Gasteiger partial charge in [0.2, 0.25) is 0 Å². The molecule has 0 radical (unpaired) electrons. The van der Waals surface area contributed by atoms with Crippen molar-refractivity contribution in [3.63, 3.8) is 0 Å². The lowest BCUT2D eigenvalue weighted by atomic mass is 9.77. The second kappa shape index (κ2) is 7.23. The van der Waals surface area contributed by atoms with Gasteiger partial charge in [-0.05, 0) is 48.6 Å². The zero-order chi connectivity index (χ0) is 18.9. The van der Waals surface area contributed by atoms with Crippen molar-refractivity contribution < 1.29 is 23.7 Å². The van der Waals surface area contributed by atoms with Crippen LogP contribution in [0.2, 0.25) is 0 Å². The van der Waals surface area contributed by atoms with Crippen molar-refractivity contribution in [2.24, 2.45) is 0 Å². The van der Waals surface area contributed by atoms with E-state index in [1.807, 2.05) is 37.3 Å². The van der Waals surface area contributed by atoms with Gasteiger partial charge in [-0.15, -0.1) is 0 Å². The number of rotatable bonds is 4. The van der Waals surface area contributed by atoms with E-state index in [1.165, 1.54) is 6.07 Å². The molecule has 5 heteroatoms. The number of halogens is 1. The highest BCUT2D eigenvalue weighted by molar-refractivity contribution is 5.65. The van der Waals surface area contributed by atoms with E-state index in [4.69, 9.17) is 14.2 Å². The molecule has 2 fully saturated rings. The zero-order valence-electron chi connectivity index (χ0n) is 15.5. The molecule has 0 unspecified atom stereocenters. The quantitative estimate of drug-likeness (QED) is 0.864. The zero-order valence-corrected chi connectivity index (χ0v) is 15.5. The molecule has 1 saturated carbocycles. The van der Waals surface area contributed by atoms with Crippen LogP contribution in [0.3, 0.4) is 0 Å². The fraction of sp³-hybridized carbons (Fsp3) is 0.455. The van der Waals surface area contributed by atoms with Crippen LogP contribution in [0, 0.1) is 5.82 Å². The maximum Gasteiger partial charge on any atom is 0.168 e. The third-order valence-electron chi connectivity index (χ3n) is 5.64. The maximum absolute atomic E-state index is 14.1. The molecule has 1 aliphatic carbocycles. The van der Waals surface area contributed by atoms with Crippen molar-refractivity contribution in [2.45, 2.75) is 44.0 Å². The molecular formula is C22H25FO4. The lowest BCUT2D eigenvalue weighted by Crippen LogP contribution is -2.42. The van der Waals surface area contributed by atoms with Gasteiger partial charge in [0.25, 0.3) is 0 Å². The molecular weight excluding hydrogens is 347 g/mol. The second-order valence-corrected chi connectivity index (χ2v) is 7.29. The Bertz CT molecular complexity index is 786. The summed E-state index contributed by atoms with van der Waals surface area (Å²) in [6, 6.07) is 12.7. The fourth-order valence-corrected chi connectivity index (χ4v) is 4.04. The van der Waals surface area contributed by atoms with E-state index in [-0.39, 0.29) is 11.6 Å². The van der Waals surface area contributed by atoms with Crippen LogP contribution >= 0.6 is 0 Å². The molecule has 4 nitrogen and oxygen atoms in total. The number of ether oxygens (including phenoxy) is 3. The van der Waals surface area contributed by atoms with Crippen molar-refractivity contribution in [3.8, 4) is 16.9 Å². The highest BCUT2D eigenvalue weighted by Gasteiger charge is 2.46. The first-order valence-electron chi connectivity index (χ1n) is 9.57. The standard InChI is InChI=1S/C22H25FO4/c1-2-25-20-8-5-17(15-19(20)23)16-3-6-18(7-4-16)21(24)9-11-22(12-10-21)26-13-14-27-22/h3-8,15,24H,2,9-14H2,1H3. The van der Waals surface area contributed by atoms with Crippen molar-refractivity contribution >= 4 is 0 Å². The highest BCUT2D eigenvalue weighted by Crippen LogP contribution is 2.45. The summed E-state index contributed by atoms with van der Waals surface area (Å²) in [7, 11) is 0. The number of hydrogen-bond donors (Lipinski definition) is 1. The van der Waals surface area contributed by atoms with Gasteiger partial charge in [0.1, 0.15) is 0 Å². The van der Waals surface area contributed by atoms with Crippen molar-refractivity contribution in [1.82, 2.24) is 0 Å². The Balaban J connectivity index is 1.50. The molecule has 4 rings (SSSR count). The lowest BCUT2D eigenvalue weighted by Gasteiger charge is -2.40. The number of hydrogen-bond acceptors (Lipinski definition) is 4. The first kappa shape index (κ1) is 18.4. The molecule has 0 bridgehead atoms. The number of benzene rings is 2. The Kier molecular flexibility index (Phi) is 4.93. The van der Waals surface area contributed by atoms with Gasteiger partial charge in [-0.1, -0.05) is 30.3 Å². The van der Waals surface area contributed by atoms with Gasteiger partial charge in [-0.25, -0.2) is 4.39 Å². The molecule has 0 amide bonds. The average molecular weight is 372 g/mol. The third-order valence-corrected chi connectivity index (χ3v) is 5.64. The summed E-state index contributed by atoms with van der Waals surface area (Å²) in [6.45, 7) is 3.52. The molecule has 1 heterocycles. The van der Waals surface area contributed by atoms with E-state index >= 15 is 0 Å². The molecule has 1 aliphatic heterocycles. The molecule has 2 aliphatic rings. The maximum atomic E-state index is 14.1. The second-order valence-electron chi connectivity index (χ2n) is 7.29. The summed E-state index contributed by atoms with van der Waals surface area (Å²) < 4.78 is 30.9. The number of aliphatic hydroxyl groups is 1. The summed E-state index contributed by atoms with van der Waals surface area (Å²) in [5.74, 6) is -0.600. The largest absolute Gasteiger partial charge is 0.491 e. The lowest BCUT2D eigenvalue weighted by molar-refractivity contribution is -0.204. The molecule has 0 atom stereocenters. The van der Waals surface area contributed by atoms with E-state index in [9.17, 15) is 9.50 Å². The van der Waals surface area contributed by atoms with Crippen LogP contribution in [0.25, 0.3) is 11.1 Å². The predicted octanol–water partition coefficient (Wildman–Crippen LogP) is 4.40. The summed E-state index contributed by atoms with van der Waals surface area (Å²) in [6.07, 6.45) is 2.58. The minimum Gasteiger partial charge on any atom is -0.491 e. The summed E-state index contributed by atoms with van der Waals surface area (Å²) in [5, 5.41) is 11.1. The molecule has 1 saturated heterocycles. The molecule has 1 spiro atoms. The highest BCUT2D eigenvalue weighted by atomic mass is 19.1. The molecule has 144 valence electrons. The van der Waals surface area contributed by atoms with E-state index in [0.717, 1.165) is 16.7 Å². The van der Waals surface area contributed by atoms with Crippen LogP contribution in [-0.2, 0) is 15.1 Å². The fourth-order valence-electron chi connectivity index (χ4n) is 4.04. The molecule has 1 N–H and O–H groups in total. The smallest absolute Gasteiger partial charge is 0.168 e. The Labute approximate surface area is 158 Å². The van der Waals surface area contributed by atoms with Crippen molar-refractivity contribution in [1.29, 1.82) is 0 Å². The van der Waals surface area contributed by atoms with Crippen LogP contribution in [-0.4, -0.2) is 30.7 Å². The van der Waals surface area contributed by atoms with Gasteiger partial charge in [0.15, 0.2) is 17.4 Å². The van der Waals surface area contributed by atoms with Crippen molar-refractivity contribution in [2.75, 3.05) is 19.8 Å².